The van der Waals surface area contributed by atoms with Crippen LogP contribution in [0.3, 0.4) is 0 Å². The van der Waals surface area contributed by atoms with E-state index in [2.05, 4.69) is 13.2 Å². The molecule has 8 nitrogen and oxygen atoms in total. The van der Waals surface area contributed by atoms with Crippen molar-refractivity contribution in [3.8, 4) is 0 Å². The Morgan fingerprint density at radius 1 is 0.778 bits per heavy atom. The summed E-state index contributed by atoms with van der Waals surface area (Å²) in [6, 6.07) is 0. The Kier molecular flexibility index (Phi) is 11.8. The quantitative estimate of drug-likeness (QED) is 0.348. The van der Waals surface area contributed by atoms with Crippen LogP contribution in [0.4, 0.5) is 0 Å². The van der Waals surface area contributed by atoms with E-state index in [4.69, 9.17) is 29.9 Å². The largest absolute Gasteiger partial charge is 0.459 e. The fourth-order valence-electron chi connectivity index (χ4n) is 2.07. The number of esters is 2. The Bertz CT molecular complexity index is 448. The molecule has 1 rings (SSSR count). The van der Waals surface area contributed by atoms with E-state index in [-0.39, 0.29) is 24.1 Å². The fraction of sp³-hybridized carbons (Fsp3) is 0.684. The van der Waals surface area contributed by atoms with Crippen molar-refractivity contribution in [1.29, 1.82) is 0 Å². The molecular formula is C19H32O8. The topological polar surface area (TPSA) is 134 Å². The lowest BCUT2D eigenvalue weighted by Crippen LogP contribution is -2.37. The van der Waals surface area contributed by atoms with E-state index in [1.54, 1.807) is 13.8 Å². The summed E-state index contributed by atoms with van der Waals surface area (Å²) in [5, 5.41) is 34.0. The molecule has 0 aromatic carbocycles. The summed E-state index contributed by atoms with van der Waals surface area (Å²) in [6.45, 7) is 8.71. The van der Waals surface area contributed by atoms with Gasteiger partial charge in [-0.3, -0.25) is 0 Å². The van der Waals surface area contributed by atoms with Crippen LogP contribution in [0.25, 0.3) is 0 Å². The molecule has 0 spiro atoms. The van der Waals surface area contributed by atoms with Crippen LogP contribution in [0, 0.1) is 5.41 Å². The molecule has 0 saturated heterocycles. The summed E-state index contributed by atoms with van der Waals surface area (Å²) >= 11 is 0. The standard InChI is InChI=1S/C14H20O4.C5H12O4/c1-9(2)13(15)17-11-5-7-12(8-6-11)18-14(16)10(3)4;6-1-5(2-7,3-8)4-9/h11-12H,1,3,5-8H2,2,4H3;6-9H,1-4H2. The van der Waals surface area contributed by atoms with Gasteiger partial charge in [0.05, 0.1) is 31.8 Å². The number of carbonyl (C=O) groups excluding carboxylic acids is 2. The first-order valence-corrected chi connectivity index (χ1v) is 8.81. The van der Waals surface area contributed by atoms with Gasteiger partial charge in [-0.1, -0.05) is 13.2 Å². The van der Waals surface area contributed by atoms with Gasteiger partial charge in [0.1, 0.15) is 12.2 Å². The molecule has 0 bridgehead atoms. The summed E-state index contributed by atoms with van der Waals surface area (Å²) in [5.41, 5.74) is -0.295. The molecule has 1 aliphatic carbocycles. The SMILES string of the molecule is C=C(C)C(=O)OC1CCC(OC(=O)C(=C)C)CC1.OCC(CO)(CO)CO. The van der Waals surface area contributed by atoms with Gasteiger partial charge in [0, 0.05) is 11.1 Å². The van der Waals surface area contributed by atoms with Crippen molar-refractivity contribution in [1.82, 2.24) is 0 Å². The normalized spacial score (nSPS) is 19.3. The maximum Gasteiger partial charge on any atom is 0.333 e. The number of aliphatic hydroxyl groups is 4. The number of carbonyl (C=O) groups is 2. The lowest BCUT2D eigenvalue weighted by molar-refractivity contribution is -0.153. The first kappa shape index (κ1) is 25.3. The molecule has 1 saturated carbocycles. The molecule has 0 unspecified atom stereocenters. The highest BCUT2D eigenvalue weighted by Crippen LogP contribution is 2.24. The Hall–Kier alpha value is -1.74. The van der Waals surface area contributed by atoms with Crippen molar-refractivity contribution < 1.29 is 39.5 Å². The van der Waals surface area contributed by atoms with Gasteiger partial charge < -0.3 is 29.9 Å². The van der Waals surface area contributed by atoms with E-state index in [0.717, 1.165) is 0 Å². The second kappa shape index (κ2) is 12.6. The van der Waals surface area contributed by atoms with E-state index in [1.807, 2.05) is 0 Å². The Labute approximate surface area is 160 Å². The average Bonchev–Trinajstić information content (AvgIpc) is 2.66. The van der Waals surface area contributed by atoms with Crippen molar-refractivity contribution in [2.45, 2.75) is 51.7 Å². The minimum Gasteiger partial charge on any atom is -0.459 e. The predicted octanol–water partition coefficient (Wildman–Crippen LogP) is 0.478. The molecule has 0 aliphatic heterocycles. The van der Waals surface area contributed by atoms with Crippen LogP contribution in [0.1, 0.15) is 39.5 Å². The summed E-state index contributed by atoms with van der Waals surface area (Å²) < 4.78 is 10.5. The zero-order valence-electron chi connectivity index (χ0n) is 16.1. The monoisotopic (exact) mass is 388 g/mol. The van der Waals surface area contributed by atoms with Crippen molar-refractivity contribution in [3.63, 3.8) is 0 Å². The van der Waals surface area contributed by atoms with Gasteiger partial charge in [-0.25, -0.2) is 9.59 Å². The molecule has 0 aromatic rings. The molecule has 0 heterocycles. The zero-order valence-corrected chi connectivity index (χ0v) is 16.1. The fourth-order valence-corrected chi connectivity index (χ4v) is 2.07. The smallest absolute Gasteiger partial charge is 0.333 e. The predicted molar refractivity (Wildman–Crippen MR) is 98.6 cm³/mol. The minimum atomic E-state index is -1.11. The van der Waals surface area contributed by atoms with Crippen LogP contribution < -0.4 is 0 Å². The van der Waals surface area contributed by atoms with Crippen molar-refractivity contribution in [2.24, 2.45) is 5.41 Å². The Balaban J connectivity index is 0.000000636. The first-order chi connectivity index (χ1) is 12.6. The maximum absolute atomic E-state index is 11.3. The number of aliphatic hydroxyl groups excluding tert-OH is 4. The van der Waals surface area contributed by atoms with Crippen LogP contribution in [0.2, 0.25) is 0 Å². The number of hydrogen-bond donors (Lipinski definition) is 4. The third-order valence-electron chi connectivity index (χ3n) is 4.21. The molecular weight excluding hydrogens is 356 g/mol. The molecule has 156 valence electrons. The molecule has 27 heavy (non-hydrogen) atoms. The third kappa shape index (κ3) is 9.14. The van der Waals surface area contributed by atoms with E-state index < -0.39 is 31.8 Å². The molecule has 4 N–H and O–H groups in total. The molecule has 1 fully saturated rings. The molecule has 0 amide bonds. The van der Waals surface area contributed by atoms with Gasteiger partial charge >= 0.3 is 11.9 Å². The summed E-state index contributed by atoms with van der Waals surface area (Å²) in [6.07, 6.45) is 2.68. The molecule has 0 atom stereocenters. The summed E-state index contributed by atoms with van der Waals surface area (Å²) in [5.74, 6) is -0.699. The molecule has 1 aliphatic rings. The highest BCUT2D eigenvalue weighted by molar-refractivity contribution is 5.87. The van der Waals surface area contributed by atoms with Gasteiger partial charge in [-0.05, 0) is 39.5 Å². The highest BCUT2D eigenvalue weighted by atomic mass is 16.6. The lowest BCUT2D eigenvalue weighted by atomic mass is 9.93. The van der Waals surface area contributed by atoms with E-state index in [9.17, 15) is 9.59 Å². The second-order valence-corrected chi connectivity index (χ2v) is 6.90. The third-order valence-corrected chi connectivity index (χ3v) is 4.21. The molecule has 8 heteroatoms. The summed E-state index contributed by atoms with van der Waals surface area (Å²) in [4.78, 5) is 22.7. The van der Waals surface area contributed by atoms with Crippen molar-refractivity contribution >= 4 is 11.9 Å². The van der Waals surface area contributed by atoms with Crippen LogP contribution in [0.5, 0.6) is 0 Å². The number of ether oxygens (including phenoxy) is 2. The number of hydrogen-bond acceptors (Lipinski definition) is 8. The molecule has 0 aromatic heterocycles. The summed E-state index contributed by atoms with van der Waals surface area (Å²) in [7, 11) is 0. The minimum absolute atomic E-state index is 0.0889. The van der Waals surface area contributed by atoms with E-state index in [0.29, 0.717) is 36.8 Å². The van der Waals surface area contributed by atoms with Crippen LogP contribution in [-0.2, 0) is 19.1 Å². The zero-order chi connectivity index (χ0) is 21.0. The van der Waals surface area contributed by atoms with Gasteiger partial charge in [0.25, 0.3) is 0 Å². The maximum atomic E-state index is 11.3. The van der Waals surface area contributed by atoms with Gasteiger partial charge in [-0.15, -0.1) is 0 Å². The Morgan fingerprint density at radius 3 is 1.19 bits per heavy atom. The first-order valence-electron chi connectivity index (χ1n) is 8.81. The van der Waals surface area contributed by atoms with E-state index in [1.165, 1.54) is 0 Å². The van der Waals surface area contributed by atoms with Crippen molar-refractivity contribution in [3.05, 3.63) is 24.3 Å². The van der Waals surface area contributed by atoms with Crippen LogP contribution in [0.15, 0.2) is 24.3 Å². The van der Waals surface area contributed by atoms with Crippen LogP contribution in [-0.4, -0.2) is 71.0 Å². The van der Waals surface area contributed by atoms with Gasteiger partial charge in [0.15, 0.2) is 0 Å². The second-order valence-electron chi connectivity index (χ2n) is 6.90. The molecule has 0 radical (unpaired) electrons. The Morgan fingerprint density at radius 2 is 1.04 bits per heavy atom. The van der Waals surface area contributed by atoms with E-state index >= 15 is 0 Å². The lowest BCUT2D eigenvalue weighted by Gasteiger charge is -2.28. The highest BCUT2D eigenvalue weighted by Gasteiger charge is 2.27. The van der Waals surface area contributed by atoms with Gasteiger partial charge in [0.2, 0.25) is 0 Å². The van der Waals surface area contributed by atoms with Crippen molar-refractivity contribution in [2.75, 3.05) is 26.4 Å². The average molecular weight is 388 g/mol. The number of rotatable bonds is 8. The van der Waals surface area contributed by atoms with Gasteiger partial charge in [-0.2, -0.15) is 0 Å². The van der Waals surface area contributed by atoms with Crippen LogP contribution >= 0.6 is 0 Å².